The zero-order valence-corrected chi connectivity index (χ0v) is 13.5. The Balaban J connectivity index is 2.77. The van der Waals surface area contributed by atoms with Crippen molar-refractivity contribution < 1.29 is 8.42 Å². The van der Waals surface area contributed by atoms with Crippen molar-refractivity contribution in [2.45, 2.75) is 20.4 Å². The van der Waals surface area contributed by atoms with Crippen molar-refractivity contribution in [3.8, 4) is 0 Å². The van der Waals surface area contributed by atoms with Gasteiger partial charge in [-0.1, -0.05) is 44.2 Å². The van der Waals surface area contributed by atoms with Crippen LogP contribution in [0.3, 0.4) is 0 Å². The van der Waals surface area contributed by atoms with Crippen LogP contribution in [0.25, 0.3) is 0 Å². The number of hydrogen-bond donors (Lipinski definition) is 1. The first-order valence-corrected chi connectivity index (χ1v) is 8.00. The Morgan fingerprint density at radius 2 is 1.65 bits per heavy atom. The van der Waals surface area contributed by atoms with Gasteiger partial charge in [0.1, 0.15) is 0 Å². The molecule has 0 radical (unpaired) electrons. The molecule has 20 heavy (non-hydrogen) atoms. The summed E-state index contributed by atoms with van der Waals surface area (Å²) in [5, 5.41) is 0. The second kappa shape index (κ2) is 6.67. The van der Waals surface area contributed by atoms with Crippen LogP contribution in [-0.4, -0.2) is 44.2 Å². The van der Waals surface area contributed by atoms with Crippen molar-refractivity contribution in [3.05, 3.63) is 35.9 Å². The molecule has 0 spiro atoms. The molecule has 114 valence electrons. The molecule has 0 bridgehead atoms. The number of benzene rings is 1. The van der Waals surface area contributed by atoms with Gasteiger partial charge in [0.2, 0.25) is 0 Å². The third-order valence-electron chi connectivity index (χ3n) is 3.24. The van der Waals surface area contributed by atoms with Crippen LogP contribution in [0.4, 0.5) is 0 Å². The van der Waals surface area contributed by atoms with E-state index >= 15 is 0 Å². The molecule has 2 N–H and O–H groups in total. The third kappa shape index (κ3) is 4.56. The monoisotopic (exact) mass is 299 g/mol. The van der Waals surface area contributed by atoms with Gasteiger partial charge in [-0.25, -0.2) is 0 Å². The maximum Gasteiger partial charge on any atom is 0.281 e. The number of rotatable bonds is 7. The van der Waals surface area contributed by atoms with Crippen molar-refractivity contribution in [1.29, 1.82) is 0 Å². The Bertz CT molecular complexity index is 514. The third-order valence-corrected chi connectivity index (χ3v) is 5.07. The van der Waals surface area contributed by atoms with Crippen molar-refractivity contribution in [2.75, 3.05) is 27.2 Å². The summed E-state index contributed by atoms with van der Waals surface area (Å²) in [5.41, 5.74) is 6.38. The Morgan fingerprint density at radius 3 is 2.15 bits per heavy atom. The van der Waals surface area contributed by atoms with E-state index in [9.17, 15) is 8.42 Å². The normalized spacial score (nSPS) is 13.2. The van der Waals surface area contributed by atoms with Gasteiger partial charge in [0.25, 0.3) is 10.2 Å². The minimum absolute atomic E-state index is 0.241. The fourth-order valence-electron chi connectivity index (χ4n) is 1.91. The van der Waals surface area contributed by atoms with Gasteiger partial charge in [-0.2, -0.15) is 17.0 Å². The molecule has 0 heterocycles. The second-order valence-corrected chi connectivity index (χ2v) is 8.02. The van der Waals surface area contributed by atoms with Crippen molar-refractivity contribution in [2.24, 2.45) is 11.1 Å². The van der Waals surface area contributed by atoms with Crippen LogP contribution in [0.5, 0.6) is 0 Å². The molecule has 0 atom stereocenters. The number of nitrogens with zero attached hydrogens (tertiary/aromatic N) is 2. The van der Waals surface area contributed by atoms with Crippen LogP contribution in [0.2, 0.25) is 0 Å². The highest BCUT2D eigenvalue weighted by atomic mass is 32.2. The zero-order chi connectivity index (χ0) is 15.4. The number of nitrogens with two attached hydrogens (primary N) is 1. The summed E-state index contributed by atoms with van der Waals surface area (Å²) in [4.78, 5) is 0. The predicted octanol–water partition coefficient (Wildman–Crippen LogP) is 1.28. The molecule has 0 unspecified atom stereocenters. The fourth-order valence-corrected chi connectivity index (χ4v) is 3.21. The summed E-state index contributed by atoms with van der Waals surface area (Å²) in [7, 11) is -0.286. The molecular weight excluding hydrogens is 274 g/mol. The first kappa shape index (κ1) is 17.1. The van der Waals surface area contributed by atoms with E-state index in [0.717, 1.165) is 5.56 Å². The zero-order valence-electron chi connectivity index (χ0n) is 12.7. The van der Waals surface area contributed by atoms with Gasteiger partial charge in [-0.05, 0) is 17.5 Å². The Hall–Kier alpha value is -0.950. The molecule has 0 saturated heterocycles. The molecule has 1 aromatic carbocycles. The Labute approximate surface area is 122 Å². The SMILES string of the molecule is CN(Cc1ccccc1)S(=O)(=O)N(C)CC(C)(C)CN. The predicted molar refractivity (Wildman–Crippen MR) is 82.3 cm³/mol. The lowest BCUT2D eigenvalue weighted by Crippen LogP contribution is -2.45. The molecule has 0 amide bonds. The second-order valence-electron chi connectivity index (χ2n) is 5.87. The Kier molecular flexibility index (Phi) is 5.70. The topological polar surface area (TPSA) is 66.6 Å². The van der Waals surface area contributed by atoms with Crippen LogP contribution >= 0.6 is 0 Å². The lowest BCUT2D eigenvalue weighted by Gasteiger charge is -2.31. The van der Waals surface area contributed by atoms with E-state index < -0.39 is 10.2 Å². The highest BCUT2D eigenvalue weighted by Crippen LogP contribution is 2.18. The van der Waals surface area contributed by atoms with Crippen molar-refractivity contribution in [1.82, 2.24) is 8.61 Å². The van der Waals surface area contributed by atoms with E-state index in [1.165, 1.54) is 8.61 Å². The molecule has 5 nitrogen and oxygen atoms in total. The summed E-state index contributed by atoms with van der Waals surface area (Å²) in [6.45, 7) is 5.10. The first-order valence-electron chi connectivity index (χ1n) is 6.60. The molecule has 0 aromatic heterocycles. The van der Waals surface area contributed by atoms with E-state index in [0.29, 0.717) is 19.6 Å². The molecule has 0 saturated carbocycles. The molecular formula is C14H25N3O2S. The lowest BCUT2D eigenvalue weighted by atomic mass is 9.94. The van der Waals surface area contributed by atoms with Crippen LogP contribution in [0, 0.1) is 5.41 Å². The summed E-state index contributed by atoms with van der Waals surface area (Å²) >= 11 is 0. The highest BCUT2D eigenvalue weighted by molar-refractivity contribution is 7.86. The average molecular weight is 299 g/mol. The molecule has 0 aliphatic carbocycles. The van der Waals surface area contributed by atoms with Crippen molar-refractivity contribution >= 4 is 10.2 Å². The van der Waals surface area contributed by atoms with Gasteiger partial charge in [0.15, 0.2) is 0 Å². The number of hydrogen-bond acceptors (Lipinski definition) is 3. The van der Waals surface area contributed by atoms with E-state index in [-0.39, 0.29) is 5.41 Å². The van der Waals surface area contributed by atoms with E-state index in [2.05, 4.69) is 0 Å². The maximum atomic E-state index is 12.4. The van der Waals surface area contributed by atoms with Gasteiger partial charge in [0, 0.05) is 27.2 Å². The standard InChI is InChI=1S/C14H25N3O2S/c1-14(2,11-15)12-17(4)20(18,19)16(3)10-13-8-6-5-7-9-13/h5-9H,10-12,15H2,1-4H3. The largest absolute Gasteiger partial charge is 0.330 e. The molecule has 1 rings (SSSR count). The van der Waals surface area contributed by atoms with E-state index in [1.54, 1.807) is 14.1 Å². The quantitative estimate of drug-likeness (QED) is 0.825. The molecule has 0 fully saturated rings. The lowest BCUT2D eigenvalue weighted by molar-refractivity contribution is 0.277. The highest BCUT2D eigenvalue weighted by Gasteiger charge is 2.28. The molecule has 0 aliphatic rings. The van der Waals surface area contributed by atoms with Crippen LogP contribution in [-0.2, 0) is 16.8 Å². The summed E-state index contributed by atoms with van der Waals surface area (Å²) in [5.74, 6) is 0. The average Bonchev–Trinajstić information content (AvgIpc) is 2.39. The van der Waals surface area contributed by atoms with Gasteiger partial charge < -0.3 is 5.73 Å². The minimum atomic E-state index is -3.47. The van der Waals surface area contributed by atoms with Gasteiger partial charge in [-0.15, -0.1) is 0 Å². The van der Waals surface area contributed by atoms with Gasteiger partial charge in [-0.3, -0.25) is 0 Å². The minimum Gasteiger partial charge on any atom is -0.330 e. The summed E-state index contributed by atoms with van der Waals surface area (Å²) < 4.78 is 27.6. The van der Waals surface area contributed by atoms with Gasteiger partial charge in [0.05, 0.1) is 0 Å². The maximum absolute atomic E-state index is 12.4. The first-order chi connectivity index (χ1) is 9.19. The fraction of sp³-hybridized carbons (Fsp3) is 0.571. The molecule has 6 heteroatoms. The van der Waals surface area contributed by atoms with Crippen LogP contribution in [0.1, 0.15) is 19.4 Å². The van der Waals surface area contributed by atoms with Crippen LogP contribution in [0.15, 0.2) is 30.3 Å². The van der Waals surface area contributed by atoms with E-state index in [1.807, 2.05) is 44.2 Å². The summed E-state index contributed by atoms with van der Waals surface area (Å²) in [6, 6.07) is 9.54. The van der Waals surface area contributed by atoms with E-state index in [4.69, 9.17) is 5.73 Å². The molecule has 1 aromatic rings. The molecule has 0 aliphatic heterocycles. The van der Waals surface area contributed by atoms with Crippen LogP contribution < -0.4 is 5.73 Å². The smallest absolute Gasteiger partial charge is 0.281 e. The van der Waals surface area contributed by atoms with Gasteiger partial charge >= 0.3 is 0 Å². The summed E-state index contributed by atoms with van der Waals surface area (Å²) in [6.07, 6.45) is 0. The van der Waals surface area contributed by atoms with Crippen molar-refractivity contribution in [3.63, 3.8) is 0 Å². The Morgan fingerprint density at radius 1 is 1.10 bits per heavy atom.